The normalized spacial score (nSPS) is 12.0. The summed E-state index contributed by atoms with van der Waals surface area (Å²) in [6.45, 7) is 4.21. The van der Waals surface area contributed by atoms with E-state index in [9.17, 15) is 4.79 Å². The van der Waals surface area contributed by atoms with Crippen molar-refractivity contribution in [2.75, 3.05) is 13.7 Å². The van der Waals surface area contributed by atoms with Gasteiger partial charge in [0.25, 0.3) is 0 Å². The highest BCUT2D eigenvalue weighted by Crippen LogP contribution is 2.25. The predicted octanol–water partition coefficient (Wildman–Crippen LogP) is 1.96. The van der Waals surface area contributed by atoms with Gasteiger partial charge in [-0.1, -0.05) is 17.7 Å². The first-order chi connectivity index (χ1) is 8.04. The van der Waals surface area contributed by atoms with Crippen LogP contribution in [-0.4, -0.2) is 19.7 Å². The molecule has 0 aliphatic carbocycles. The van der Waals surface area contributed by atoms with Gasteiger partial charge in [0.2, 0.25) is 0 Å². The van der Waals surface area contributed by atoms with Crippen molar-refractivity contribution in [2.24, 2.45) is 5.73 Å². The van der Waals surface area contributed by atoms with Crippen LogP contribution in [0.25, 0.3) is 0 Å². The Kier molecular flexibility index (Phi) is 4.97. The SMILES string of the molecule is COC(=O)CCOc1ccc(C)cc1[C@H](C)N. The molecule has 1 aromatic rings. The summed E-state index contributed by atoms with van der Waals surface area (Å²) >= 11 is 0. The number of carbonyl (C=O) groups excluding carboxylic acids is 1. The summed E-state index contributed by atoms with van der Waals surface area (Å²) in [6.07, 6.45) is 0.239. The largest absolute Gasteiger partial charge is 0.493 e. The van der Waals surface area contributed by atoms with Gasteiger partial charge in [-0.2, -0.15) is 0 Å². The van der Waals surface area contributed by atoms with Crippen LogP contribution in [-0.2, 0) is 9.53 Å². The van der Waals surface area contributed by atoms with Gasteiger partial charge in [-0.3, -0.25) is 4.79 Å². The second-order valence-electron chi connectivity index (χ2n) is 4.00. The Morgan fingerprint density at radius 1 is 1.47 bits per heavy atom. The van der Waals surface area contributed by atoms with Crippen molar-refractivity contribution in [2.45, 2.75) is 26.3 Å². The number of benzene rings is 1. The Hall–Kier alpha value is -1.55. The van der Waals surface area contributed by atoms with Crippen LogP contribution >= 0.6 is 0 Å². The fourth-order valence-electron chi connectivity index (χ4n) is 1.50. The molecule has 4 nitrogen and oxygen atoms in total. The Morgan fingerprint density at radius 3 is 2.76 bits per heavy atom. The molecule has 1 rings (SSSR count). The lowest BCUT2D eigenvalue weighted by Gasteiger charge is -2.14. The van der Waals surface area contributed by atoms with Gasteiger partial charge in [0, 0.05) is 11.6 Å². The minimum Gasteiger partial charge on any atom is -0.493 e. The van der Waals surface area contributed by atoms with Gasteiger partial charge in [-0.05, 0) is 19.9 Å². The summed E-state index contributed by atoms with van der Waals surface area (Å²) in [5, 5.41) is 0. The average Bonchev–Trinajstić information content (AvgIpc) is 2.30. The highest BCUT2D eigenvalue weighted by atomic mass is 16.5. The molecule has 0 aliphatic heterocycles. The Bertz CT molecular complexity index is 388. The van der Waals surface area contributed by atoms with Crippen LogP contribution in [0, 0.1) is 6.92 Å². The lowest BCUT2D eigenvalue weighted by molar-refractivity contribution is -0.141. The first-order valence-electron chi connectivity index (χ1n) is 5.60. The highest BCUT2D eigenvalue weighted by molar-refractivity contribution is 5.69. The minimum absolute atomic E-state index is 0.0944. The van der Waals surface area contributed by atoms with Crippen molar-refractivity contribution < 1.29 is 14.3 Å². The average molecular weight is 237 g/mol. The Balaban J connectivity index is 2.67. The van der Waals surface area contributed by atoms with E-state index in [1.165, 1.54) is 7.11 Å². The minimum atomic E-state index is -0.278. The summed E-state index contributed by atoms with van der Waals surface area (Å²) in [5.41, 5.74) is 7.96. The van der Waals surface area contributed by atoms with Gasteiger partial charge >= 0.3 is 5.97 Å². The molecule has 0 fully saturated rings. The van der Waals surface area contributed by atoms with Crippen molar-refractivity contribution in [3.8, 4) is 5.75 Å². The molecular formula is C13H19NO3. The number of methoxy groups -OCH3 is 1. The lowest BCUT2D eigenvalue weighted by Crippen LogP contribution is -2.11. The Morgan fingerprint density at radius 2 is 2.18 bits per heavy atom. The highest BCUT2D eigenvalue weighted by Gasteiger charge is 2.09. The molecule has 0 aromatic heterocycles. The van der Waals surface area contributed by atoms with Crippen LogP contribution in [0.2, 0.25) is 0 Å². The third-order valence-corrected chi connectivity index (χ3v) is 2.45. The van der Waals surface area contributed by atoms with Crippen molar-refractivity contribution >= 4 is 5.97 Å². The number of ether oxygens (including phenoxy) is 2. The topological polar surface area (TPSA) is 61.5 Å². The summed E-state index contributed by atoms with van der Waals surface area (Å²) in [5.74, 6) is 0.453. The third kappa shape index (κ3) is 4.07. The number of rotatable bonds is 5. The van der Waals surface area contributed by atoms with E-state index in [0.29, 0.717) is 6.61 Å². The van der Waals surface area contributed by atoms with Gasteiger partial charge in [0.15, 0.2) is 0 Å². The standard InChI is InChI=1S/C13H19NO3/c1-9-4-5-12(11(8-9)10(2)14)17-7-6-13(15)16-3/h4-5,8,10H,6-7,14H2,1-3H3/t10-/m0/s1. The van der Waals surface area contributed by atoms with Crippen molar-refractivity contribution in [1.82, 2.24) is 0 Å². The van der Waals surface area contributed by atoms with Gasteiger partial charge < -0.3 is 15.2 Å². The van der Waals surface area contributed by atoms with Crippen LogP contribution in [0.1, 0.15) is 30.5 Å². The molecule has 0 spiro atoms. The summed E-state index contributed by atoms with van der Waals surface area (Å²) in [6, 6.07) is 5.74. The fraction of sp³-hybridized carbons (Fsp3) is 0.462. The molecule has 1 aromatic carbocycles. The van der Waals surface area contributed by atoms with E-state index in [-0.39, 0.29) is 18.4 Å². The maximum Gasteiger partial charge on any atom is 0.308 e. The van der Waals surface area contributed by atoms with Crippen molar-refractivity contribution in [3.05, 3.63) is 29.3 Å². The van der Waals surface area contributed by atoms with Gasteiger partial charge in [0.05, 0.1) is 20.1 Å². The molecule has 0 amide bonds. The monoisotopic (exact) mass is 237 g/mol. The number of hydrogen-bond acceptors (Lipinski definition) is 4. The molecule has 4 heteroatoms. The van der Waals surface area contributed by atoms with Crippen molar-refractivity contribution in [1.29, 1.82) is 0 Å². The van der Waals surface area contributed by atoms with Crippen LogP contribution < -0.4 is 10.5 Å². The first kappa shape index (κ1) is 13.5. The van der Waals surface area contributed by atoms with E-state index in [4.69, 9.17) is 10.5 Å². The van der Waals surface area contributed by atoms with E-state index in [1.54, 1.807) is 0 Å². The summed E-state index contributed by atoms with van der Waals surface area (Å²) in [4.78, 5) is 10.9. The number of esters is 1. The molecule has 0 radical (unpaired) electrons. The number of hydrogen-bond donors (Lipinski definition) is 1. The number of nitrogens with two attached hydrogens (primary N) is 1. The van der Waals surface area contributed by atoms with Crippen molar-refractivity contribution in [3.63, 3.8) is 0 Å². The second kappa shape index (κ2) is 6.25. The van der Waals surface area contributed by atoms with Gasteiger partial charge in [-0.25, -0.2) is 0 Å². The van der Waals surface area contributed by atoms with E-state index < -0.39 is 0 Å². The third-order valence-electron chi connectivity index (χ3n) is 2.45. The quantitative estimate of drug-likeness (QED) is 0.795. The van der Waals surface area contributed by atoms with E-state index in [0.717, 1.165) is 16.9 Å². The van der Waals surface area contributed by atoms with E-state index >= 15 is 0 Å². The smallest absolute Gasteiger partial charge is 0.308 e. The zero-order chi connectivity index (χ0) is 12.8. The maximum atomic E-state index is 10.9. The zero-order valence-corrected chi connectivity index (χ0v) is 10.5. The molecule has 0 bridgehead atoms. The Labute approximate surface area is 102 Å². The van der Waals surface area contributed by atoms with Crippen LogP contribution in [0.5, 0.6) is 5.75 Å². The van der Waals surface area contributed by atoms with Crippen LogP contribution in [0.4, 0.5) is 0 Å². The molecular weight excluding hydrogens is 218 g/mol. The molecule has 0 heterocycles. The molecule has 1 atom stereocenters. The van der Waals surface area contributed by atoms with E-state index in [2.05, 4.69) is 4.74 Å². The molecule has 17 heavy (non-hydrogen) atoms. The fourth-order valence-corrected chi connectivity index (χ4v) is 1.50. The zero-order valence-electron chi connectivity index (χ0n) is 10.5. The van der Waals surface area contributed by atoms with Gasteiger partial charge in [-0.15, -0.1) is 0 Å². The summed E-state index contributed by atoms with van der Waals surface area (Å²) in [7, 11) is 1.36. The van der Waals surface area contributed by atoms with E-state index in [1.807, 2.05) is 32.0 Å². The molecule has 0 unspecified atom stereocenters. The molecule has 0 saturated carbocycles. The predicted molar refractivity (Wildman–Crippen MR) is 65.9 cm³/mol. The maximum absolute atomic E-state index is 10.9. The molecule has 0 saturated heterocycles. The summed E-state index contributed by atoms with van der Waals surface area (Å²) < 4.78 is 10.1. The van der Waals surface area contributed by atoms with Crippen LogP contribution in [0.15, 0.2) is 18.2 Å². The molecule has 0 aliphatic rings. The number of aryl methyl sites for hydroxylation is 1. The molecule has 2 N–H and O–H groups in total. The first-order valence-corrected chi connectivity index (χ1v) is 5.60. The number of carbonyl (C=O) groups is 1. The second-order valence-corrected chi connectivity index (χ2v) is 4.00. The van der Waals surface area contributed by atoms with Gasteiger partial charge in [0.1, 0.15) is 5.75 Å². The molecule has 94 valence electrons. The van der Waals surface area contributed by atoms with Crippen LogP contribution in [0.3, 0.4) is 0 Å². The lowest BCUT2D eigenvalue weighted by atomic mass is 10.1.